The summed E-state index contributed by atoms with van der Waals surface area (Å²) in [6, 6.07) is 13.5. The molecule has 4 aromatic rings. The van der Waals surface area contributed by atoms with E-state index in [-0.39, 0.29) is 24.1 Å². The fourth-order valence-electron chi connectivity index (χ4n) is 4.82. The highest BCUT2D eigenvalue weighted by molar-refractivity contribution is 7.20. The average Bonchev–Trinajstić information content (AvgIpc) is 3.38. The van der Waals surface area contributed by atoms with E-state index in [0.717, 1.165) is 40.7 Å². The zero-order valence-corrected chi connectivity index (χ0v) is 23.2. The van der Waals surface area contributed by atoms with Crippen LogP contribution in [-0.4, -0.2) is 65.1 Å². The number of pyridine rings is 1. The molecule has 0 bridgehead atoms. The molecule has 1 aromatic carbocycles. The first-order valence-corrected chi connectivity index (χ1v) is 13.8. The Bertz CT molecular complexity index is 1530. The molecule has 0 unspecified atom stereocenters. The topological polar surface area (TPSA) is 116 Å². The van der Waals surface area contributed by atoms with Crippen LogP contribution in [0.3, 0.4) is 0 Å². The lowest BCUT2D eigenvalue weighted by Gasteiger charge is -2.34. The highest BCUT2D eigenvalue weighted by atomic mass is 32.1. The summed E-state index contributed by atoms with van der Waals surface area (Å²) in [5, 5.41) is 21.1. The quantitative estimate of drug-likeness (QED) is 0.308. The van der Waals surface area contributed by atoms with Crippen molar-refractivity contribution in [2.45, 2.75) is 25.8 Å². The van der Waals surface area contributed by atoms with Gasteiger partial charge < -0.3 is 25.5 Å². The Morgan fingerprint density at radius 1 is 1.26 bits per heavy atom. The van der Waals surface area contributed by atoms with Crippen LogP contribution in [0.15, 0.2) is 53.5 Å². The number of nitrogens with zero attached hydrogens (tertiary/aromatic N) is 5. The summed E-state index contributed by atoms with van der Waals surface area (Å²) in [5.41, 5.74) is 2.14. The lowest BCUT2D eigenvalue weighted by Crippen LogP contribution is -2.48. The molecule has 10 nitrogen and oxygen atoms in total. The normalized spacial score (nSPS) is 15.4. The van der Waals surface area contributed by atoms with Gasteiger partial charge in [0.1, 0.15) is 11.5 Å². The van der Waals surface area contributed by atoms with Crippen molar-refractivity contribution in [3.05, 3.63) is 69.5 Å². The second-order valence-electron chi connectivity index (χ2n) is 9.87. The molecule has 39 heavy (non-hydrogen) atoms. The van der Waals surface area contributed by atoms with Crippen molar-refractivity contribution < 1.29 is 9.90 Å². The maximum Gasteiger partial charge on any atom is 0.290 e. The first kappa shape index (κ1) is 26.6. The van der Waals surface area contributed by atoms with Crippen molar-refractivity contribution in [3.63, 3.8) is 0 Å². The van der Waals surface area contributed by atoms with Gasteiger partial charge in [0.25, 0.3) is 11.5 Å². The van der Waals surface area contributed by atoms with Gasteiger partial charge in [0, 0.05) is 50.5 Å². The van der Waals surface area contributed by atoms with Crippen LogP contribution in [0.25, 0.3) is 10.1 Å². The number of piperidine rings is 1. The summed E-state index contributed by atoms with van der Waals surface area (Å²) in [4.78, 5) is 35.1. The predicted octanol–water partition coefficient (Wildman–Crippen LogP) is 3.27. The fraction of sp³-hybridized carbons (Fsp3) is 0.357. The highest BCUT2D eigenvalue weighted by Gasteiger charge is 2.25. The van der Waals surface area contributed by atoms with Gasteiger partial charge in [-0.1, -0.05) is 12.1 Å². The standard InChI is InChI=1S/C28H33N7O3S/c1-18-6-4-8-23-21(18)14-24(39-23)27(37)30-19-7-5-11-35(17-19)26-15-22(28(38)34(3)32-26)31-25-10-9-20(16-29-25)33(2)12-13-36/h4,6,8-10,14-16,19,36H,5,7,11-13,17H2,1-3H3,(H,29,31)(H,30,37)/t19-/m1/s1. The van der Waals surface area contributed by atoms with E-state index in [4.69, 9.17) is 5.11 Å². The van der Waals surface area contributed by atoms with Crippen LogP contribution in [0.4, 0.5) is 23.0 Å². The van der Waals surface area contributed by atoms with Crippen LogP contribution in [0.1, 0.15) is 28.1 Å². The molecule has 3 aromatic heterocycles. The average molecular weight is 548 g/mol. The number of rotatable bonds is 8. The van der Waals surface area contributed by atoms with Crippen LogP contribution in [0, 0.1) is 6.92 Å². The second-order valence-corrected chi connectivity index (χ2v) is 11.0. The minimum atomic E-state index is -0.260. The number of likely N-dealkylation sites (N-methyl/N-ethyl adjacent to an activating group) is 1. The summed E-state index contributed by atoms with van der Waals surface area (Å²) in [6.07, 6.45) is 3.47. The summed E-state index contributed by atoms with van der Waals surface area (Å²) in [6.45, 7) is 4.00. The maximum atomic E-state index is 13.1. The molecule has 1 aliphatic heterocycles. The molecule has 0 radical (unpaired) electrons. The number of aliphatic hydroxyl groups excluding tert-OH is 1. The van der Waals surface area contributed by atoms with E-state index in [1.54, 1.807) is 25.4 Å². The zero-order valence-electron chi connectivity index (χ0n) is 22.3. The van der Waals surface area contributed by atoms with Crippen molar-refractivity contribution in [2.24, 2.45) is 7.05 Å². The molecule has 0 saturated carbocycles. The van der Waals surface area contributed by atoms with Gasteiger partial charge in [-0.05, 0) is 55.0 Å². The van der Waals surface area contributed by atoms with Gasteiger partial charge in [-0.15, -0.1) is 11.3 Å². The minimum Gasteiger partial charge on any atom is -0.395 e. The first-order chi connectivity index (χ1) is 18.8. The number of hydrogen-bond donors (Lipinski definition) is 3. The second kappa shape index (κ2) is 11.4. The van der Waals surface area contributed by atoms with Crippen molar-refractivity contribution in [1.29, 1.82) is 0 Å². The van der Waals surface area contributed by atoms with E-state index < -0.39 is 0 Å². The predicted molar refractivity (Wildman–Crippen MR) is 157 cm³/mol. The van der Waals surface area contributed by atoms with E-state index in [1.807, 2.05) is 36.2 Å². The van der Waals surface area contributed by atoms with Gasteiger partial charge in [0.2, 0.25) is 0 Å². The van der Waals surface area contributed by atoms with Gasteiger partial charge in [-0.2, -0.15) is 5.10 Å². The Kier molecular flexibility index (Phi) is 7.80. The van der Waals surface area contributed by atoms with Gasteiger partial charge in [-0.3, -0.25) is 9.59 Å². The molecule has 4 heterocycles. The third-order valence-corrected chi connectivity index (χ3v) is 8.12. The third kappa shape index (κ3) is 5.89. The molecular weight excluding hydrogens is 514 g/mol. The van der Waals surface area contributed by atoms with Crippen LogP contribution in [0.2, 0.25) is 0 Å². The molecule has 1 atom stereocenters. The molecule has 1 aliphatic rings. The molecule has 204 valence electrons. The number of fused-ring (bicyclic) bond motifs is 1. The molecule has 1 amide bonds. The molecule has 11 heteroatoms. The lowest BCUT2D eigenvalue weighted by atomic mass is 10.1. The number of aliphatic hydroxyl groups is 1. The lowest BCUT2D eigenvalue weighted by molar-refractivity contribution is 0.0937. The molecule has 3 N–H and O–H groups in total. The van der Waals surface area contributed by atoms with E-state index in [2.05, 4.69) is 38.6 Å². The van der Waals surface area contributed by atoms with E-state index in [1.165, 1.54) is 16.0 Å². The summed E-state index contributed by atoms with van der Waals surface area (Å²) in [7, 11) is 3.51. The Labute approximate surface area is 230 Å². The Morgan fingerprint density at radius 2 is 2.10 bits per heavy atom. The summed E-state index contributed by atoms with van der Waals surface area (Å²) >= 11 is 1.51. The molecule has 0 spiro atoms. The van der Waals surface area contributed by atoms with Crippen LogP contribution in [-0.2, 0) is 7.05 Å². The van der Waals surface area contributed by atoms with Gasteiger partial charge >= 0.3 is 0 Å². The number of anilines is 4. The zero-order chi connectivity index (χ0) is 27.5. The van der Waals surface area contributed by atoms with Gasteiger partial charge in [0.15, 0.2) is 5.82 Å². The third-order valence-electron chi connectivity index (χ3n) is 7.02. The number of aryl methyl sites for hydroxylation is 2. The van der Waals surface area contributed by atoms with Gasteiger partial charge in [-0.25, -0.2) is 9.67 Å². The molecule has 5 rings (SSSR count). The van der Waals surface area contributed by atoms with Crippen molar-refractivity contribution in [2.75, 3.05) is 48.4 Å². The first-order valence-electron chi connectivity index (χ1n) is 13.0. The Hall–Kier alpha value is -3.96. The van der Waals surface area contributed by atoms with Crippen molar-refractivity contribution >= 4 is 50.3 Å². The molecule has 1 fully saturated rings. The SMILES string of the molecule is Cc1cccc2sc(C(=O)N[C@@H]3CCCN(c4cc(Nc5ccc(N(C)CCO)cn5)c(=O)n(C)n4)C3)cc12. The number of benzene rings is 1. The number of carbonyl (C=O) groups excluding carboxylic acids is 1. The smallest absolute Gasteiger partial charge is 0.290 e. The minimum absolute atomic E-state index is 0.0295. The van der Waals surface area contributed by atoms with Crippen LogP contribution < -0.4 is 26.0 Å². The van der Waals surface area contributed by atoms with Crippen molar-refractivity contribution in [3.8, 4) is 0 Å². The summed E-state index contributed by atoms with van der Waals surface area (Å²) in [5.74, 6) is 1.14. The Balaban J connectivity index is 1.29. The van der Waals surface area contributed by atoms with E-state index in [0.29, 0.717) is 35.3 Å². The van der Waals surface area contributed by atoms with Crippen LogP contribution >= 0.6 is 11.3 Å². The van der Waals surface area contributed by atoms with E-state index >= 15 is 0 Å². The molecular formula is C28H33N7O3S. The van der Waals surface area contributed by atoms with Crippen molar-refractivity contribution in [1.82, 2.24) is 20.1 Å². The summed E-state index contributed by atoms with van der Waals surface area (Å²) < 4.78 is 2.43. The Morgan fingerprint density at radius 3 is 2.85 bits per heavy atom. The van der Waals surface area contributed by atoms with E-state index in [9.17, 15) is 9.59 Å². The number of thiophene rings is 1. The molecule has 1 saturated heterocycles. The van der Waals surface area contributed by atoms with Crippen LogP contribution in [0.5, 0.6) is 0 Å². The highest BCUT2D eigenvalue weighted by Crippen LogP contribution is 2.28. The maximum absolute atomic E-state index is 13.1. The monoisotopic (exact) mass is 547 g/mol. The fourth-order valence-corrected chi connectivity index (χ4v) is 5.86. The number of nitrogens with one attached hydrogen (secondary N) is 2. The molecule has 0 aliphatic carbocycles. The number of aromatic nitrogens is 3. The van der Waals surface area contributed by atoms with Gasteiger partial charge in [0.05, 0.1) is 23.4 Å². The number of amides is 1. The number of carbonyl (C=O) groups is 1. The number of hydrogen-bond acceptors (Lipinski definition) is 9. The largest absolute Gasteiger partial charge is 0.395 e.